The molecule has 0 saturated heterocycles. The van der Waals surface area contributed by atoms with Crippen LogP contribution in [0.25, 0.3) is 0 Å². The third-order valence-electron chi connectivity index (χ3n) is 1.91. The van der Waals surface area contributed by atoms with Crippen LogP contribution >= 0.6 is 0 Å². The minimum absolute atomic E-state index is 0.727. The SMILES string of the molecule is CN(C)CCNc1ccnc(N(C)C)n1. The second-order valence-electron chi connectivity index (χ2n) is 3.87. The second kappa shape index (κ2) is 5.50. The fourth-order valence-corrected chi connectivity index (χ4v) is 1.07. The monoisotopic (exact) mass is 209 g/mol. The Morgan fingerprint density at radius 2 is 2.00 bits per heavy atom. The minimum atomic E-state index is 0.727. The van der Waals surface area contributed by atoms with Crippen molar-refractivity contribution in [1.29, 1.82) is 0 Å². The largest absolute Gasteiger partial charge is 0.369 e. The van der Waals surface area contributed by atoms with E-state index in [4.69, 9.17) is 0 Å². The second-order valence-corrected chi connectivity index (χ2v) is 3.87. The van der Waals surface area contributed by atoms with Crippen LogP contribution in [0, 0.1) is 0 Å². The van der Waals surface area contributed by atoms with Gasteiger partial charge in [0.1, 0.15) is 5.82 Å². The van der Waals surface area contributed by atoms with E-state index in [0.717, 1.165) is 24.9 Å². The predicted molar refractivity (Wildman–Crippen MR) is 63.4 cm³/mol. The van der Waals surface area contributed by atoms with Crippen molar-refractivity contribution in [3.8, 4) is 0 Å². The zero-order valence-corrected chi connectivity index (χ0v) is 9.86. The van der Waals surface area contributed by atoms with E-state index in [9.17, 15) is 0 Å². The quantitative estimate of drug-likeness (QED) is 0.765. The molecule has 0 fully saturated rings. The topological polar surface area (TPSA) is 44.3 Å². The summed E-state index contributed by atoms with van der Waals surface area (Å²) in [7, 11) is 7.96. The van der Waals surface area contributed by atoms with Crippen LogP contribution in [-0.4, -0.2) is 56.1 Å². The van der Waals surface area contributed by atoms with Crippen molar-refractivity contribution >= 4 is 11.8 Å². The number of likely N-dealkylation sites (N-methyl/N-ethyl adjacent to an activating group) is 1. The molecule has 0 aliphatic carbocycles. The molecule has 5 heteroatoms. The lowest BCUT2D eigenvalue weighted by Crippen LogP contribution is -2.21. The average Bonchev–Trinajstić information content (AvgIpc) is 2.17. The van der Waals surface area contributed by atoms with Crippen LogP contribution in [0.3, 0.4) is 0 Å². The van der Waals surface area contributed by atoms with Crippen LogP contribution < -0.4 is 10.2 Å². The molecule has 84 valence electrons. The first-order valence-corrected chi connectivity index (χ1v) is 4.98. The normalized spacial score (nSPS) is 10.5. The molecule has 1 aromatic rings. The van der Waals surface area contributed by atoms with E-state index in [0.29, 0.717) is 0 Å². The molecule has 0 bridgehead atoms. The summed E-state index contributed by atoms with van der Waals surface area (Å²) in [4.78, 5) is 12.5. The Kier molecular flexibility index (Phi) is 4.30. The van der Waals surface area contributed by atoms with Crippen LogP contribution in [0.4, 0.5) is 11.8 Å². The van der Waals surface area contributed by atoms with E-state index in [1.165, 1.54) is 0 Å². The zero-order chi connectivity index (χ0) is 11.3. The summed E-state index contributed by atoms with van der Waals surface area (Å²) in [5, 5.41) is 3.25. The lowest BCUT2D eigenvalue weighted by molar-refractivity contribution is 0.425. The summed E-state index contributed by atoms with van der Waals surface area (Å²) in [6.45, 7) is 1.87. The fourth-order valence-electron chi connectivity index (χ4n) is 1.07. The van der Waals surface area contributed by atoms with E-state index in [2.05, 4.69) is 20.2 Å². The number of nitrogens with one attached hydrogen (secondary N) is 1. The Bertz CT molecular complexity index is 298. The predicted octanol–water partition coefficient (Wildman–Crippen LogP) is 0.516. The Morgan fingerprint density at radius 3 is 2.60 bits per heavy atom. The maximum atomic E-state index is 4.35. The number of nitrogens with zero attached hydrogens (tertiary/aromatic N) is 4. The summed E-state index contributed by atoms with van der Waals surface area (Å²) in [6.07, 6.45) is 1.76. The van der Waals surface area contributed by atoms with Crippen LogP contribution in [0.1, 0.15) is 0 Å². The van der Waals surface area contributed by atoms with Gasteiger partial charge in [0.05, 0.1) is 0 Å². The first kappa shape index (κ1) is 11.7. The lowest BCUT2D eigenvalue weighted by atomic mass is 10.5. The molecule has 0 saturated carbocycles. The van der Waals surface area contributed by atoms with Crippen molar-refractivity contribution in [2.45, 2.75) is 0 Å². The van der Waals surface area contributed by atoms with Gasteiger partial charge in [0, 0.05) is 33.4 Å². The minimum Gasteiger partial charge on any atom is -0.369 e. The molecule has 0 amide bonds. The van der Waals surface area contributed by atoms with E-state index < -0.39 is 0 Å². The maximum Gasteiger partial charge on any atom is 0.226 e. The highest BCUT2D eigenvalue weighted by atomic mass is 15.2. The van der Waals surface area contributed by atoms with Gasteiger partial charge in [-0.1, -0.05) is 0 Å². The molecule has 0 aliphatic heterocycles. The first-order chi connectivity index (χ1) is 7.09. The summed E-state index contributed by atoms with van der Waals surface area (Å²) >= 11 is 0. The molecule has 0 spiro atoms. The van der Waals surface area contributed by atoms with E-state index in [1.807, 2.05) is 39.2 Å². The zero-order valence-electron chi connectivity index (χ0n) is 9.86. The Labute approximate surface area is 91.1 Å². The van der Waals surface area contributed by atoms with Gasteiger partial charge in [-0.2, -0.15) is 4.98 Å². The molecule has 0 unspecified atom stereocenters. The van der Waals surface area contributed by atoms with Gasteiger partial charge in [0.15, 0.2) is 0 Å². The van der Waals surface area contributed by atoms with Gasteiger partial charge in [-0.15, -0.1) is 0 Å². The number of hydrogen-bond acceptors (Lipinski definition) is 5. The van der Waals surface area contributed by atoms with Gasteiger partial charge in [0.2, 0.25) is 5.95 Å². The van der Waals surface area contributed by atoms with E-state index in [-0.39, 0.29) is 0 Å². The number of anilines is 2. The van der Waals surface area contributed by atoms with E-state index in [1.54, 1.807) is 6.20 Å². The molecule has 1 N–H and O–H groups in total. The molecule has 0 atom stereocenters. The highest BCUT2D eigenvalue weighted by Crippen LogP contribution is 2.06. The third kappa shape index (κ3) is 4.12. The standard InChI is InChI=1S/C10H19N5/c1-14(2)8-7-11-9-5-6-12-10(13-9)15(3)4/h5-6H,7-8H2,1-4H3,(H,11,12,13). The van der Waals surface area contributed by atoms with Crippen molar-refractivity contribution in [2.75, 3.05) is 51.5 Å². The third-order valence-corrected chi connectivity index (χ3v) is 1.91. The summed E-state index contributed by atoms with van der Waals surface area (Å²) in [5.41, 5.74) is 0. The Hall–Kier alpha value is -1.36. The van der Waals surface area contributed by atoms with Gasteiger partial charge in [-0.25, -0.2) is 4.98 Å². The first-order valence-electron chi connectivity index (χ1n) is 4.98. The maximum absolute atomic E-state index is 4.35. The summed E-state index contributed by atoms with van der Waals surface area (Å²) in [6, 6.07) is 1.88. The van der Waals surface area contributed by atoms with Crippen LogP contribution in [0.5, 0.6) is 0 Å². The lowest BCUT2D eigenvalue weighted by Gasteiger charge is -2.13. The molecule has 1 heterocycles. The fraction of sp³-hybridized carbons (Fsp3) is 0.600. The van der Waals surface area contributed by atoms with E-state index >= 15 is 0 Å². The molecule has 1 rings (SSSR count). The molecular weight excluding hydrogens is 190 g/mol. The number of rotatable bonds is 5. The molecule has 0 aliphatic rings. The van der Waals surface area contributed by atoms with Gasteiger partial charge >= 0.3 is 0 Å². The average molecular weight is 209 g/mol. The van der Waals surface area contributed by atoms with Crippen molar-refractivity contribution in [3.05, 3.63) is 12.3 Å². The molecule has 1 aromatic heterocycles. The van der Waals surface area contributed by atoms with Crippen LogP contribution in [0.2, 0.25) is 0 Å². The number of aromatic nitrogens is 2. The van der Waals surface area contributed by atoms with Gasteiger partial charge in [-0.3, -0.25) is 0 Å². The summed E-state index contributed by atoms with van der Waals surface area (Å²) < 4.78 is 0. The van der Waals surface area contributed by atoms with Gasteiger partial charge in [-0.05, 0) is 20.2 Å². The smallest absolute Gasteiger partial charge is 0.226 e. The molecular formula is C10H19N5. The Balaban J connectivity index is 2.50. The molecule has 5 nitrogen and oxygen atoms in total. The van der Waals surface area contributed by atoms with Crippen LogP contribution in [-0.2, 0) is 0 Å². The van der Waals surface area contributed by atoms with Crippen LogP contribution in [0.15, 0.2) is 12.3 Å². The van der Waals surface area contributed by atoms with Gasteiger partial charge in [0.25, 0.3) is 0 Å². The van der Waals surface area contributed by atoms with Crippen molar-refractivity contribution in [2.24, 2.45) is 0 Å². The van der Waals surface area contributed by atoms with Crippen molar-refractivity contribution in [1.82, 2.24) is 14.9 Å². The molecule has 0 aromatic carbocycles. The summed E-state index contributed by atoms with van der Waals surface area (Å²) in [5.74, 6) is 1.60. The molecule has 0 radical (unpaired) electrons. The number of hydrogen-bond donors (Lipinski definition) is 1. The van der Waals surface area contributed by atoms with Crippen molar-refractivity contribution < 1.29 is 0 Å². The Morgan fingerprint density at radius 1 is 1.27 bits per heavy atom. The highest BCUT2D eigenvalue weighted by Gasteiger charge is 2.00. The highest BCUT2D eigenvalue weighted by molar-refractivity contribution is 5.40. The van der Waals surface area contributed by atoms with Gasteiger partial charge < -0.3 is 15.1 Å². The van der Waals surface area contributed by atoms with Crippen molar-refractivity contribution in [3.63, 3.8) is 0 Å². The molecule has 15 heavy (non-hydrogen) atoms.